The zero-order valence-corrected chi connectivity index (χ0v) is 15.2. The van der Waals surface area contributed by atoms with Crippen molar-refractivity contribution in [2.75, 3.05) is 26.1 Å². The van der Waals surface area contributed by atoms with E-state index in [1.54, 1.807) is 23.1 Å². The van der Waals surface area contributed by atoms with E-state index in [2.05, 4.69) is 15.5 Å². The Labute approximate surface area is 154 Å². The molecule has 1 aliphatic heterocycles. The van der Waals surface area contributed by atoms with Crippen LogP contribution in [-0.2, 0) is 14.3 Å². The van der Waals surface area contributed by atoms with E-state index in [1.165, 1.54) is 13.3 Å². The molecule has 1 heterocycles. The molecule has 1 saturated heterocycles. The Hall–Kier alpha value is -2.88. The first-order chi connectivity index (χ1) is 12.3. The van der Waals surface area contributed by atoms with E-state index in [1.807, 2.05) is 14.1 Å². The average molecular weight is 378 g/mol. The van der Waals surface area contributed by atoms with Gasteiger partial charge >= 0.3 is 11.9 Å². The van der Waals surface area contributed by atoms with Crippen molar-refractivity contribution in [3.05, 3.63) is 29.3 Å². The highest BCUT2D eigenvalue weighted by Gasteiger charge is 2.32. The maximum atomic E-state index is 11.9. The standard InChI is InChI=1S/C16H18N4O5S/c1-20(2)11-5-4-9(6-10(11)15(24)25-3)8-17-19-16-18-14(23)12(26-16)7-13(21)22/h4-6,8,12H,7H2,1-3H3,(H,21,22)(H,18,19,23). The van der Waals surface area contributed by atoms with Crippen LogP contribution in [0.2, 0.25) is 0 Å². The highest BCUT2D eigenvalue weighted by molar-refractivity contribution is 8.15. The number of amidine groups is 1. The van der Waals surface area contributed by atoms with Gasteiger partial charge in [0.2, 0.25) is 5.91 Å². The van der Waals surface area contributed by atoms with E-state index >= 15 is 0 Å². The quantitative estimate of drug-likeness (QED) is 0.429. The average Bonchev–Trinajstić information content (AvgIpc) is 2.92. The van der Waals surface area contributed by atoms with Crippen molar-refractivity contribution in [1.82, 2.24) is 5.32 Å². The largest absolute Gasteiger partial charge is 0.481 e. The van der Waals surface area contributed by atoms with Crippen molar-refractivity contribution >= 4 is 46.7 Å². The van der Waals surface area contributed by atoms with Crippen LogP contribution in [0.4, 0.5) is 5.69 Å². The second-order valence-corrected chi connectivity index (χ2v) is 6.70. The Bertz CT molecular complexity index is 791. The van der Waals surface area contributed by atoms with E-state index in [0.717, 1.165) is 11.8 Å². The first-order valence-electron chi connectivity index (χ1n) is 7.52. The van der Waals surface area contributed by atoms with E-state index < -0.39 is 23.1 Å². The van der Waals surface area contributed by atoms with Gasteiger partial charge in [0.05, 0.1) is 31.0 Å². The molecule has 1 amide bonds. The number of carboxylic acids is 1. The fraction of sp³-hybridized carbons (Fsp3) is 0.312. The molecule has 0 aromatic heterocycles. The van der Waals surface area contributed by atoms with Crippen LogP contribution in [-0.4, -0.2) is 60.8 Å². The van der Waals surface area contributed by atoms with Gasteiger partial charge in [-0.3, -0.25) is 9.59 Å². The molecule has 1 aromatic carbocycles. The molecule has 0 spiro atoms. The van der Waals surface area contributed by atoms with Gasteiger partial charge in [-0.2, -0.15) is 5.10 Å². The molecule has 0 bridgehead atoms. The van der Waals surface area contributed by atoms with E-state index in [-0.39, 0.29) is 11.6 Å². The first kappa shape index (κ1) is 19.4. The zero-order chi connectivity index (χ0) is 19.3. The van der Waals surface area contributed by atoms with Gasteiger partial charge in [0.1, 0.15) is 5.25 Å². The van der Waals surface area contributed by atoms with Crippen molar-refractivity contribution in [3.8, 4) is 0 Å². The van der Waals surface area contributed by atoms with Crippen LogP contribution in [0.15, 0.2) is 28.4 Å². The molecule has 1 aromatic rings. The summed E-state index contributed by atoms with van der Waals surface area (Å²) in [5, 5.41) is 18.5. The van der Waals surface area contributed by atoms with Gasteiger partial charge < -0.3 is 20.1 Å². The summed E-state index contributed by atoms with van der Waals surface area (Å²) in [7, 11) is 4.94. The maximum Gasteiger partial charge on any atom is 0.339 e. The topological polar surface area (TPSA) is 121 Å². The number of rotatable bonds is 6. The Morgan fingerprint density at radius 1 is 1.42 bits per heavy atom. The second-order valence-electron chi connectivity index (χ2n) is 5.51. The van der Waals surface area contributed by atoms with Gasteiger partial charge in [0.25, 0.3) is 0 Å². The molecule has 9 nitrogen and oxygen atoms in total. The lowest BCUT2D eigenvalue weighted by Crippen LogP contribution is -2.26. The molecule has 0 saturated carbocycles. The van der Waals surface area contributed by atoms with Crippen LogP contribution in [0.5, 0.6) is 0 Å². The number of carbonyl (C=O) groups is 3. The molecule has 26 heavy (non-hydrogen) atoms. The number of esters is 1. The van der Waals surface area contributed by atoms with Gasteiger partial charge in [-0.15, -0.1) is 5.10 Å². The summed E-state index contributed by atoms with van der Waals surface area (Å²) in [4.78, 5) is 36.0. The number of benzene rings is 1. The molecule has 138 valence electrons. The highest BCUT2D eigenvalue weighted by atomic mass is 32.2. The van der Waals surface area contributed by atoms with Crippen molar-refractivity contribution < 1.29 is 24.2 Å². The third kappa shape index (κ3) is 4.82. The van der Waals surface area contributed by atoms with Crippen LogP contribution >= 0.6 is 11.8 Å². The number of hydrogen-bond acceptors (Lipinski definition) is 8. The number of methoxy groups -OCH3 is 1. The SMILES string of the molecule is COC(=O)c1cc(C=NN=C2NC(=O)C(CC(=O)O)S2)ccc1N(C)C. The van der Waals surface area contributed by atoms with E-state index in [9.17, 15) is 14.4 Å². The van der Waals surface area contributed by atoms with Crippen molar-refractivity contribution in [2.24, 2.45) is 10.2 Å². The summed E-state index contributed by atoms with van der Waals surface area (Å²) in [6.07, 6.45) is 1.14. The summed E-state index contributed by atoms with van der Waals surface area (Å²) in [6, 6.07) is 5.15. The molecule has 0 radical (unpaired) electrons. The van der Waals surface area contributed by atoms with Gasteiger partial charge in [-0.25, -0.2) is 4.79 Å². The highest BCUT2D eigenvalue weighted by Crippen LogP contribution is 2.23. The number of carboxylic acid groups (broad SMARTS) is 1. The molecule has 1 fully saturated rings. The van der Waals surface area contributed by atoms with E-state index in [0.29, 0.717) is 16.8 Å². The number of thioether (sulfide) groups is 1. The third-order valence-corrected chi connectivity index (χ3v) is 4.47. The second kappa shape index (κ2) is 8.48. The van der Waals surface area contributed by atoms with Gasteiger partial charge in [-0.1, -0.05) is 17.8 Å². The number of aliphatic carboxylic acids is 1. The predicted octanol–water partition coefficient (Wildman–Crippen LogP) is 0.935. The first-order valence-corrected chi connectivity index (χ1v) is 8.39. The fourth-order valence-electron chi connectivity index (χ4n) is 2.19. The Balaban J connectivity index is 2.14. The van der Waals surface area contributed by atoms with Gasteiger partial charge in [0, 0.05) is 14.1 Å². The van der Waals surface area contributed by atoms with Gasteiger partial charge in [0.15, 0.2) is 5.17 Å². The minimum absolute atomic E-state index is 0.232. The zero-order valence-electron chi connectivity index (χ0n) is 14.4. The van der Waals surface area contributed by atoms with Crippen LogP contribution in [0.3, 0.4) is 0 Å². The molecule has 0 aliphatic carbocycles. The monoisotopic (exact) mass is 378 g/mol. The predicted molar refractivity (Wildman–Crippen MR) is 98.9 cm³/mol. The number of ether oxygens (including phenoxy) is 1. The minimum atomic E-state index is -1.06. The lowest BCUT2D eigenvalue weighted by atomic mass is 10.1. The smallest absolute Gasteiger partial charge is 0.339 e. The molecule has 1 aliphatic rings. The Morgan fingerprint density at radius 3 is 2.77 bits per heavy atom. The summed E-state index contributed by atoms with van der Waals surface area (Å²) in [5.41, 5.74) is 1.71. The molecule has 1 atom stereocenters. The maximum absolute atomic E-state index is 11.9. The Kier molecular flexibility index (Phi) is 6.34. The summed E-state index contributed by atoms with van der Waals surface area (Å²) >= 11 is 1.01. The van der Waals surface area contributed by atoms with Crippen LogP contribution in [0.25, 0.3) is 0 Å². The molecular weight excluding hydrogens is 360 g/mol. The number of hydrogen-bond donors (Lipinski definition) is 2. The molecule has 10 heteroatoms. The minimum Gasteiger partial charge on any atom is -0.481 e. The van der Waals surface area contributed by atoms with Crippen molar-refractivity contribution in [1.29, 1.82) is 0 Å². The fourth-order valence-corrected chi connectivity index (χ4v) is 3.11. The number of anilines is 1. The van der Waals surface area contributed by atoms with Crippen LogP contribution in [0, 0.1) is 0 Å². The third-order valence-electron chi connectivity index (χ3n) is 3.40. The summed E-state index contributed by atoms with van der Waals surface area (Å²) < 4.78 is 4.79. The van der Waals surface area contributed by atoms with Crippen LogP contribution < -0.4 is 10.2 Å². The lowest BCUT2D eigenvalue weighted by molar-refractivity contribution is -0.138. The molecule has 1 unspecified atom stereocenters. The molecule has 2 rings (SSSR count). The van der Waals surface area contributed by atoms with Gasteiger partial charge in [-0.05, 0) is 17.7 Å². The Morgan fingerprint density at radius 2 is 2.15 bits per heavy atom. The number of amides is 1. The van der Waals surface area contributed by atoms with Crippen molar-refractivity contribution in [3.63, 3.8) is 0 Å². The molecule has 2 N–H and O–H groups in total. The summed E-state index contributed by atoms with van der Waals surface area (Å²) in [5.74, 6) is -1.93. The summed E-state index contributed by atoms with van der Waals surface area (Å²) in [6.45, 7) is 0. The van der Waals surface area contributed by atoms with Crippen molar-refractivity contribution in [2.45, 2.75) is 11.7 Å². The lowest BCUT2D eigenvalue weighted by Gasteiger charge is -2.16. The number of carbonyl (C=O) groups excluding carboxylic acids is 2. The van der Waals surface area contributed by atoms with E-state index in [4.69, 9.17) is 9.84 Å². The molecular formula is C16H18N4O5S. The normalized spacial score (nSPS) is 18.2. The number of nitrogens with one attached hydrogen (secondary N) is 1. The number of nitrogens with zero attached hydrogens (tertiary/aromatic N) is 3. The van der Waals surface area contributed by atoms with Crippen LogP contribution in [0.1, 0.15) is 22.3 Å².